The van der Waals surface area contributed by atoms with E-state index >= 15 is 0 Å². The number of hydrogen-bond acceptors (Lipinski definition) is 8. The van der Waals surface area contributed by atoms with Crippen molar-refractivity contribution in [2.24, 2.45) is 0 Å². The predicted molar refractivity (Wildman–Crippen MR) is 249 cm³/mol. The van der Waals surface area contributed by atoms with Crippen molar-refractivity contribution in [1.82, 2.24) is 0 Å². The highest BCUT2D eigenvalue weighted by atomic mass is 31.2. The maximum atomic E-state index is 12.7. The van der Waals surface area contributed by atoms with Crippen molar-refractivity contribution in [3.63, 3.8) is 0 Å². The summed E-state index contributed by atoms with van der Waals surface area (Å²) in [6.07, 6.45) is 53.4. The lowest BCUT2D eigenvalue weighted by atomic mass is 10.1. The van der Waals surface area contributed by atoms with Crippen LogP contribution in [0.4, 0.5) is 0 Å². The van der Waals surface area contributed by atoms with Gasteiger partial charge in [0.15, 0.2) is 6.10 Å². The van der Waals surface area contributed by atoms with Crippen LogP contribution in [-0.4, -0.2) is 70.0 Å². The van der Waals surface area contributed by atoms with Crippen LogP contribution in [-0.2, 0) is 32.7 Å². The normalized spacial score (nSPS) is 14.3. The number of phosphoric ester groups is 1. The third-order valence-corrected chi connectivity index (χ3v) is 10.4. The number of nitrogens with zero attached hydrogens (tertiary/aromatic N) is 1. The number of quaternary nitrogens is 1. The molecule has 0 aliphatic rings. The molecule has 10 heteroatoms. The molecule has 0 amide bonds. The van der Waals surface area contributed by atoms with Crippen LogP contribution < -0.4 is 4.89 Å². The summed E-state index contributed by atoms with van der Waals surface area (Å²) < 4.78 is 33.8. The predicted octanol–water partition coefficient (Wildman–Crippen LogP) is 12.9. The molecular weight excluding hydrogens is 774 g/mol. The van der Waals surface area contributed by atoms with Gasteiger partial charge in [-0.1, -0.05) is 150 Å². The van der Waals surface area contributed by atoms with Gasteiger partial charge in [0.25, 0.3) is 7.82 Å². The first-order valence-electron chi connectivity index (χ1n) is 23.3. The van der Waals surface area contributed by atoms with E-state index in [1.54, 1.807) is 0 Å². The van der Waals surface area contributed by atoms with Gasteiger partial charge >= 0.3 is 11.9 Å². The first kappa shape index (κ1) is 57.2. The third kappa shape index (κ3) is 44.7. The number of esters is 2. The Morgan fingerprint density at radius 2 is 0.917 bits per heavy atom. The fourth-order valence-electron chi connectivity index (χ4n) is 5.71. The second-order valence-electron chi connectivity index (χ2n) is 16.4. The van der Waals surface area contributed by atoms with Crippen LogP contribution in [0.25, 0.3) is 0 Å². The van der Waals surface area contributed by atoms with Gasteiger partial charge < -0.3 is 27.9 Å². The van der Waals surface area contributed by atoms with Crippen molar-refractivity contribution in [2.45, 2.75) is 174 Å². The first-order chi connectivity index (χ1) is 29.0. The molecule has 2 atom stereocenters. The largest absolute Gasteiger partial charge is 0.756 e. The van der Waals surface area contributed by atoms with E-state index in [4.69, 9.17) is 18.5 Å². The number of hydrogen-bond donors (Lipinski definition) is 0. The summed E-state index contributed by atoms with van der Waals surface area (Å²) in [7, 11) is 1.10. The average Bonchev–Trinajstić information content (AvgIpc) is 3.20. The second-order valence-corrected chi connectivity index (χ2v) is 17.8. The molecule has 0 aromatic heterocycles. The minimum absolute atomic E-state index is 0.0515. The quantitative estimate of drug-likeness (QED) is 0.0196. The van der Waals surface area contributed by atoms with Gasteiger partial charge in [-0.2, -0.15) is 0 Å². The molecule has 344 valence electrons. The van der Waals surface area contributed by atoms with Crippen LogP contribution in [0.15, 0.2) is 85.1 Å². The number of unbranched alkanes of at least 4 members (excludes halogenated alkanes) is 13. The summed E-state index contributed by atoms with van der Waals surface area (Å²) in [6, 6.07) is 0. The Kier molecular flexibility index (Phi) is 39.6. The summed E-state index contributed by atoms with van der Waals surface area (Å²) in [5.41, 5.74) is 0. The standard InChI is InChI=1S/C50H86NO8P/c1-6-8-10-12-14-16-18-20-22-23-24-25-26-27-29-31-33-35-37-39-41-43-50(53)59-48(47-58-60(54,55)57-45-44-51(3,4)5)46-56-49(52)42-40-38-36-34-32-30-28-21-19-17-15-13-11-9-7-2/h15,17,21-23,25-26,28-29,31-32,34-35,37,48H,6-14,16,18-20,24,27,30,33,36,38-47H2,1-5H3/b17-15+,23-22+,26-25+,28-21+,31-29+,34-32+,37-35+/t48-/m1/s1. The van der Waals surface area contributed by atoms with E-state index in [0.29, 0.717) is 30.3 Å². The first-order valence-corrected chi connectivity index (χ1v) is 24.8. The zero-order chi connectivity index (χ0) is 44.3. The summed E-state index contributed by atoms with van der Waals surface area (Å²) in [5.74, 6) is -0.952. The van der Waals surface area contributed by atoms with Gasteiger partial charge in [-0.15, -0.1) is 0 Å². The van der Waals surface area contributed by atoms with E-state index in [1.807, 2.05) is 27.2 Å². The molecule has 0 radical (unpaired) electrons. The number of carbonyl (C=O) groups is 2. The van der Waals surface area contributed by atoms with Crippen LogP contribution in [0.1, 0.15) is 168 Å². The molecule has 0 aliphatic carbocycles. The molecule has 0 saturated carbocycles. The van der Waals surface area contributed by atoms with Gasteiger partial charge in [0, 0.05) is 12.8 Å². The fraction of sp³-hybridized carbons (Fsp3) is 0.680. The van der Waals surface area contributed by atoms with Gasteiger partial charge in [-0.3, -0.25) is 14.2 Å². The Labute approximate surface area is 367 Å². The highest BCUT2D eigenvalue weighted by molar-refractivity contribution is 7.45. The molecule has 0 spiro atoms. The van der Waals surface area contributed by atoms with Crippen LogP contribution in [0.5, 0.6) is 0 Å². The van der Waals surface area contributed by atoms with E-state index in [2.05, 4.69) is 92.8 Å². The lowest BCUT2D eigenvalue weighted by molar-refractivity contribution is -0.870. The summed E-state index contributed by atoms with van der Waals surface area (Å²) in [5, 5.41) is 0. The zero-order valence-corrected chi connectivity index (χ0v) is 39.5. The zero-order valence-electron chi connectivity index (χ0n) is 38.6. The SMILES string of the molecule is CCCCC/C=C/C/C=C/C/C=C/CCCCC(=O)OC[C@H](COP(=O)([O-])OCC[N+](C)(C)C)OC(=O)CCC/C=C/C/C=C/C/C=C/C/C=C/CCCCCCCCC. The monoisotopic (exact) mass is 860 g/mol. The molecule has 0 fully saturated rings. The number of carbonyl (C=O) groups excluding carboxylic acids is 2. The van der Waals surface area contributed by atoms with E-state index in [0.717, 1.165) is 51.4 Å². The molecule has 1 unspecified atom stereocenters. The minimum atomic E-state index is -4.66. The molecule has 0 aromatic rings. The van der Waals surface area contributed by atoms with Crippen LogP contribution in [0.3, 0.4) is 0 Å². The van der Waals surface area contributed by atoms with Crippen LogP contribution in [0.2, 0.25) is 0 Å². The average molecular weight is 860 g/mol. The lowest BCUT2D eigenvalue weighted by Crippen LogP contribution is -2.37. The number of ether oxygens (including phenoxy) is 2. The van der Waals surface area contributed by atoms with E-state index in [-0.39, 0.29) is 26.1 Å². The van der Waals surface area contributed by atoms with Crippen molar-refractivity contribution in [3.05, 3.63) is 85.1 Å². The summed E-state index contributed by atoms with van der Waals surface area (Å²) in [6.45, 7) is 4.07. The molecular formula is C50H86NO8P. The summed E-state index contributed by atoms with van der Waals surface area (Å²) >= 11 is 0. The highest BCUT2D eigenvalue weighted by Gasteiger charge is 2.21. The van der Waals surface area contributed by atoms with Crippen molar-refractivity contribution in [3.8, 4) is 0 Å². The fourth-order valence-corrected chi connectivity index (χ4v) is 6.44. The summed E-state index contributed by atoms with van der Waals surface area (Å²) in [4.78, 5) is 37.5. The number of likely N-dealkylation sites (N-methyl/N-ethyl adjacent to an activating group) is 1. The molecule has 0 N–H and O–H groups in total. The van der Waals surface area contributed by atoms with Gasteiger partial charge in [-0.05, 0) is 89.9 Å². The minimum Gasteiger partial charge on any atom is -0.756 e. The van der Waals surface area contributed by atoms with Crippen LogP contribution >= 0.6 is 7.82 Å². The smallest absolute Gasteiger partial charge is 0.306 e. The van der Waals surface area contributed by atoms with Gasteiger partial charge in [-0.25, -0.2) is 0 Å². The van der Waals surface area contributed by atoms with Crippen molar-refractivity contribution >= 4 is 19.8 Å². The number of phosphoric acid groups is 1. The number of rotatable bonds is 41. The molecule has 9 nitrogen and oxygen atoms in total. The highest BCUT2D eigenvalue weighted by Crippen LogP contribution is 2.38. The van der Waals surface area contributed by atoms with E-state index < -0.39 is 32.5 Å². The maximum absolute atomic E-state index is 12.7. The molecule has 0 bridgehead atoms. The van der Waals surface area contributed by atoms with Gasteiger partial charge in [0.05, 0.1) is 27.7 Å². The molecule has 0 aromatic carbocycles. The molecule has 0 heterocycles. The molecule has 0 rings (SSSR count). The Morgan fingerprint density at radius 3 is 1.42 bits per heavy atom. The van der Waals surface area contributed by atoms with E-state index in [1.165, 1.54) is 70.6 Å². The third-order valence-electron chi connectivity index (χ3n) is 9.39. The topological polar surface area (TPSA) is 111 Å². The van der Waals surface area contributed by atoms with Crippen LogP contribution in [0, 0.1) is 0 Å². The Hall–Kier alpha value is -2.81. The van der Waals surface area contributed by atoms with Crippen molar-refractivity contribution in [2.75, 3.05) is 47.5 Å². The van der Waals surface area contributed by atoms with E-state index in [9.17, 15) is 19.0 Å². The molecule has 0 saturated heterocycles. The number of allylic oxidation sites excluding steroid dienone is 14. The maximum Gasteiger partial charge on any atom is 0.306 e. The van der Waals surface area contributed by atoms with Crippen molar-refractivity contribution < 1.29 is 42.1 Å². The lowest BCUT2D eigenvalue weighted by Gasteiger charge is -2.28. The van der Waals surface area contributed by atoms with Crippen molar-refractivity contribution in [1.29, 1.82) is 0 Å². The second kappa shape index (κ2) is 41.5. The molecule has 0 aliphatic heterocycles. The van der Waals surface area contributed by atoms with Gasteiger partial charge in [0.2, 0.25) is 0 Å². The van der Waals surface area contributed by atoms with Gasteiger partial charge in [0.1, 0.15) is 19.8 Å². The molecule has 60 heavy (non-hydrogen) atoms. The Morgan fingerprint density at radius 1 is 0.517 bits per heavy atom. The Bertz CT molecular complexity index is 1290. The Balaban J connectivity index is 4.50.